The van der Waals surface area contributed by atoms with E-state index in [1.54, 1.807) is 31.2 Å². The molecular weight excluding hydrogens is 260 g/mol. The molecule has 0 spiro atoms. The molecule has 20 heavy (non-hydrogen) atoms. The number of nitrogens with two attached hydrogens (primary N) is 1. The molecule has 0 aliphatic heterocycles. The molecule has 0 saturated heterocycles. The second-order valence-corrected chi connectivity index (χ2v) is 4.73. The molecule has 0 aliphatic carbocycles. The third kappa shape index (κ3) is 1.98. The third-order valence-corrected chi connectivity index (χ3v) is 3.46. The Hall–Kier alpha value is -2.20. The van der Waals surface area contributed by atoms with Crippen LogP contribution in [0.2, 0.25) is 0 Å². The first-order valence-corrected chi connectivity index (χ1v) is 6.26. The predicted molar refractivity (Wildman–Crippen MR) is 73.3 cm³/mol. The molecule has 1 atom stereocenters. The lowest BCUT2D eigenvalue weighted by Crippen LogP contribution is -2.13. The summed E-state index contributed by atoms with van der Waals surface area (Å²) in [6, 6.07) is 9.85. The summed E-state index contributed by atoms with van der Waals surface area (Å²) in [5.74, 6) is -0.269. The van der Waals surface area contributed by atoms with Gasteiger partial charge in [0.15, 0.2) is 0 Å². The second-order valence-electron chi connectivity index (χ2n) is 4.73. The summed E-state index contributed by atoms with van der Waals surface area (Å²) in [6.07, 6.45) is 0. The van der Waals surface area contributed by atoms with Crippen molar-refractivity contribution < 1.29 is 13.2 Å². The van der Waals surface area contributed by atoms with Gasteiger partial charge in [0.05, 0.1) is 6.04 Å². The zero-order valence-corrected chi connectivity index (χ0v) is 10.9. The Morgan fingerprint density at radius 2 is 1.85 bits per heavy atom. The normalized spacial score (nSPS) is 12.8. The van der Waals surface area contributed by atoms with Crippen molar-refractivity contribution in [2.75, 3.05) is 0 Å². The second kappa shape index (κ2) is 4.72. The van der Waals surface area contributed by atoms with Crippen LogP contribution in [0.4, 0.5) is 8.78 Å². The fourth-order valence-corrected chi connectivity index (χ4v) is 2.38. The first kappa shape index (κ1) is 12.8. The molecule has 0 aliphatic rings. The highest BCUT2D eigenvalue weighted by Crippen LogP contribution is 2.32. The maximum atomic E-state index is 13.8. The molecule has 0 radical (unpaired) electrons. The number of benzene rings is 2. The van der Waals surface area contributed by atoms with Gasteiger partial charge in [-0.15, -0.1) is 0 Å². The minimum Gasteiger partial charge on any atom is -0.459 e. The quantitative estimate of drug-likeness (QED) is 0.764. The van der Waals surface area contributed by atoms with E-state index >= 15 is 0 Å². The fraction of sp³-hybridized carbons (Fsp3) is 0.125. The first-order valence-electron chi connectivity index (χ1n) is 6.26. The van der Waals surface area contributed by atoms with E-state index < -0.39 is 6.04 Å². The third-order valence-electron chi connectivity index (χ3n) is 3.46. The topological polar surface area (TPSA) is 39.2 Å². The number of fused-ring (bicyclic) bond motifs is 1. The standard InChI is InChI=1S/C16H13F2NO/c1-9-12-8-10(17)6-7-14(12)20-16(9)15(19)11-4-2-3-5-13(11)18/h2-8,15H,19H2,1H3. The number of hydrogen-bond donors (Lipinski definition) is 1. The van der Waals surface area contributed by atoms with Crippen LogP contribution in [0, 0.1) is 18.6 Å². The summed E-state index contributed by atoms with van der Waals surface area (Å²) in [7, 11) is 0. The number of halogens is 2. The molecule has 102 valence electrons. The molecule has 0 fully saturated rings. The van der Waals surface area contributed by atoms with Crippen molar-refractivity contribution in [1.29, 1.82) is 0 Å². The van der Waals surface area contributed by atoms with Crippen LogP contribution in [0.3, 0.4) is 0 Å². The molecule has 1 aromatic heterocycles. The van der Waals surface area contributed by atoms with E-state index in [2.05, 4.69) is 0 Å². The molecule has 3 rings (SSSR count). The lowest BCUT2D eigenvalue weighted by atomic mass is 10.0. The fourth-order valence-electron chi connectivity index (χ4n) is 2.38. The van der Waals surface area contributed by atoms with Gasteiger partial charge >= 0.3 is 0 Å². The van der Waals surface area contributed by atoms with Crippen LogP contribution < -0.4 is 5.73 Å². The van der Waals surface area contributed by atoms with Gasteiger partial charge in [-0.05, 0) is 31.2 Å². The van der Waals surface area contributed by atoms with Gasteiger partial charge in [-0.3, -0.25) is 0 Å². The molecule has 1 heterocycles. The summed E-state index contributed by atoms with van der Waals surface area (Å²) in [6.45, 7) is 1.79. The number of rotatable bonds is 2. The van der Waals surface area contributed by atoms with Crippen LogP contribution in [0.15, 0.2) is 46.9 Å². The summed E-state index contributed by atoms with van der Waals surface area (Å²) >= 11 is 0. The highest BCUT2D eigenvalue weighted by molar-refractivity contribution is 5.82. The molecule has 1 unspecified atom stereocenters. The Kier molecular flexibility index (Phi) is 3.03. The Labute approximate surface area is 114 Å². The van der Waals surface area contributed by atoms with Gasteiger partial charge in [-0.25, -0.2) is 8.78 Å². The number of furan rings is 1. The minimum absolute atomic E-state index is 0.340. The van der Waals surface area contributed by atoms with Crippen molar-refractivity contribution in [3.8, 4) is 0 Å². The maximum absolute atomic E-state index is 13.8. The molecule has 3 aromatic rings. The molecule has 0 saturated carbocycles. The monoisotopic (exact) mass is 273 g/mol. The van der Waals surface area contributed by atoms with Gasteiger partial charge in [0.2, 0.25) is 0 Å². The average Bonchev–Trinajstić information content (AvgIpc) is 2.76. The Morgan fingerprint density at radius 1 is 1.10 bits per heavy atom. The van der Waals surface area contributed by atoms with Crippen LogP contribution in [0.25, 0.3) is 11.0 Å². The molecule has 4 heteroatoms. The van der Waals surface area contributed by atoms with Crippen LogP contribution >= 0.6 is 0 Å². The lowest BCUT2D eigenvalue weighted by Gasteiger charge is -2.11. The Balaban J connectivity index is 2.15. The van der Waals surface area contributed by atoms with Crippen molar-refractivity contribution in [2.45, 2.75) is 13.0 Å². The van der Waals surface area contributed by atoms with Gasteiger partial charge in [-0.2, -0.15) is 0 Å². The Morgan fingerprint density at radius 3 is 2.60 bits per heavy atom. The van der Waals surface area contributed by atoms with Crippen LogP contribution in [0.1, 0.15) is 22.9 Å². The van der Waals surface area contributed by atoms with E-state index in [1.165, 1.54) is 18.2 Å². The molecule has 0 bridgehead atoms. The average molecular weight is 273 g/mol. The molecule has 0 amide bonds. The van der Waals surface area contributed by atoms with E-state index in [9.17, 15) is 8.78 Å². The van der Waals surface area contributed by atoms with Crippen molar-refractivity contribution in [1.82, 2.24) is 0 Å². The van der Waals surface area contributed by atoms with E-state index in [0.29, 0.717) is 22.3 Å². The number of aryl methyl sites for hydroxylation is 1. The van der Waals surface area contributed by atoms with Gasteiger partial charge in [0, 0.05) is 16.5 Å². The van der Waals surface area contributed by atoms with Crippen molar-refractivity contribution >= 4 is 11.0 Å². The minimum atomic E-state index is -0.716. The molecular formula is C16H13F2NO. The Bertz CT molecular complexity index is 779. The lowest BCUT2D eigenvalue weighted by molar-refractivity contribution is 0.506. The van der Waals surface area contributed by atoms with E-state index in [-0.39, 0.29) is 11.6 Å². The molecule has 2 nitrogen and oxygen atoms in total. The molecule has 2 N–H and O–H groups in total. The van der Waals surface area contributed by atoms with Crippen molar-refractivity contribution in [2.24, 2.45) is 5.73 Å². The van der Waals surface area contributed by atoms with Crippen molar-refractivity contribution in [3.63, 3.8) is 0 Å². The van der Waals surface area contributed by atoms with E-state index in [1.807, 2.05) is 0 Å². The van der Waals surface area contributed by atoms with Gasteiger partial charge in [0.1, 0.15) is 23.0 Å². The maximum Gasteiger partial charge on any atom is 0.134 e. The summed E-state index contributed by atoms with van der Waals surface area (Å²) in [4.78, 5) is 0. The van der Waals surface area contributed by atoms with Crippen molar-refractivity contribution in [3.05, 3.63) is 71.0 Å². The van der Waals surface area contributed by atoms with E-state index in [4.69, 9.17) is 10.2 Å². The highest BCUT2D eigenvalue weighted by Gasteiger charge is 2.21. The molecule has 2 aromatic carbocycles. The summed E-state index contributed by atoms with van der Waals surface area (Å²) in [5.41, 5.74) is 7.73. The largest absolute Gasteiger partial charge is 0.459 e. The number of hydrogen-bond acceptors (Lipinski definition) is 2. The van der Waals surface area contributed by atoms with Gasteiger partial charge < -0.3 is 10.2 Å². The summed E-state index contributed by atoms with van der Waals surface area (Å²) in [5, 5.41) is 0.659. The van der Waals surface area contributed by atoms with Gasteiger partial charge in [0.25, 0.3) is 0 Å². The summed E-state index contributed by atoms with van der Waals surface area (Å²) < 4.78 is 32.7. The highest BCUT2D eigenvalue weighted by atomic mass is 19.1. The van der Waals surface area contributed by atoms with Crippen LogP contribution in [0.5, 0.6) is 0 Å². The first-order chi connectivity index (χ1) is 9.58. The predicted octanol–water partition coefficient (Wildman–Crippen LogP) is 4.07. The zero-order chi connectivity index (χ0) is 14.3. The van der Waals surface area contributed by atoms with Crippen LogP contribution in [-0.4, -0.2) is 0 Å². The van der Waals surface area contributed by atoms with Crippen LogP contribution in [-0.2, 0) is 0 Å². The van der Waals surface area contributed by atoms with E-state index in [0.717, 1.165) is 5.56 Å². The van der Waals surface area contributed by atoms with Gasteiger partial charge in [-0.1, -0.05) is 18.2 Å². The SMILES string of the molecule is Cc1c(C(N)c2ccccc2F)oc2ccc(F)cc12. The smallest absolute Gasteiger partial charge is 0.134 e. The zero-order valence-electron chi connectivity index (χ0n) is 10.9.